The summed E-state index contributed by atoms with van der Waals surface area (Å²) < 4.78 is 11.6. The number of anilines is 1. The number of furan rings is 1. The van der Waals surface area contributed by atoms with Gasteiger partial charge in [-0.2, -0.15) is 5.10 Å². The van der Waals surface area contributed by atoms with E-state index in [2.05, 4.69) is 10.4 Å². The van der Waals surface area contributed by atoms with E-state index in [-0.39, 0.29) is 12.4 Å². The van der Waals surface area contributed by atoms with Crippen molar-refractivity contribution in [2.24, 2.45) is 0 Å². The number of amides is 1. The van der Waals surface area contributed by atoms with E-state index in [1.54, 1.807) is 18.3 Å². The monoisotopic (exact) mass is 303 g/mol. The van der Waals surface area contributed by atoms with Crippen LogP contribution in [0.1, 0.15) is 42.3 Å². The van der Waals surface area contributed by atoms with Crippen LogP contribution >= 0.6 is 0 Å². The van der Waals surface area contributed by atoms with E-state index in [1.807, 2.05) is 4.68 Å². The second kappa shape index (κ2) is 6.46. The molecular formula is C15H17N3O4. The second-order valence-electron chi connectivity index (χ2n) is 5.20. The first kappa shape index (κ1) is 14.4. The molecule has 0 aliphatic heterocycles. The van der Waals surface area contributed by atoms with Crippen molar-refractivity contribution in [3.05, 3.63) is 36.4 Å². The molecule has 7 nitrogen and oxygen atoms in total. The van der Waals surface area contributed by atoms with E-state index >= 15 is 0 Å². The van der Waals surface area contributed by atoms with Crippen molar-refractivity contribution in [2.75, 3.05) is 11.9 Å². The quantitative estimate of drug-likeness (QED) is 0.857. The van der Waals surface area contributed by atoms with Gasteiger partial charge in [0.2, 0.25) is 5.76 Å². The Bertz CT molecular complexity index is 642. The summed E-state index contributed by atoms with van der Waals surface area (Å²) in [5.74, 6) is -0.362. The number of nitrogens with zero attached hydrogens (tertiary/aromatic N) is 2. The van der Waals surface area contributed by atoms with E-state index in [0.29, 0.717) is 11.9 Å². The van der Waals surface area contributed by atoms with Crippen molar-refractivity contribution >= 4 is 17.7 Å². The van der Waals surface area contributed by atoms with Gasteiger partial charge < -0.3 is 14.5 Å². The molecule has 1 aliphatic carbocycles. The van der Waals surface area contributed by atoms with Gasteiger partial charge in [-0.1, -0.05) is 12.8 Å². The number of nitrogens with one attached hydrogen (secondary N) is 1. The highest BCUT2D eigenvalue weighted by Crippen LogP contribution is 2.31. The summed E-state index contributed by atoms with van der Waals surface area (Å²) in [6.07, 6.45) is 7.52. The van der Waals surface area contributed by atoms with Crippen molar-refractivity contribution in [2.45, 2.75) is 31.7 Å². The van der Waals surface area contributed by atoms with Crippen molar-refractivity contribution in [3.63, 3.8) is 0 Å². The lowest BCUT2D eigenvalue weighted by atomic mass is 10.2. The van der Waals surface area contributed by atoms with Crippen LogP contribution in [-0.2, 0) is 9.53 Å². The van der Waals surface area contributed by atoms with Gasteiger partial charge in [0.05, 0.1) is 18.5 Å². The van der Waals surface area contributed by atoms with Gasteiger partial charge in [0, 0.05) is 6.07 Å². The third-order valence-electron chi connectivity index (χ3n) is 3.67. The highest BCUT2D eigenvalue weighted by atomic mass is 16.5. The Hall–Kier alpha value is -2.57. The number of carbonyl (C=O) groups is 2. The zero-order valence-electron chi connectivity index (χ0n) is 12.0. The van der Waals surface area contributed by atoms with Gasteiger partial charge in [-0.15, -0.1) is 0 Å². The van der Waals surface area contributed by atoms with Gasteiger partial charge in [-0.25, -0.2) is 9.48 Å². The number of esters is 1. The SMILES string of the molecule is O=C(COC(=O)c1ccco1)Nc1ccnn1C1CCCC1. The van der Waals surface area contributed by atoms with Crippen LogP contribution in [-0.4, -0.2) is 28.3 Å². The average molecular weight is 303 g/mol. The van der Waals surface area contributed by atoms with Gasteiger partial charge >= 0.3 is 5.97 Å². The number of carbonyl (C=O) groups excluding carboxylic acids is 2. The molecule has 2 heterocycles. The van der Waals surface area contributed by atoms with Crippen LogP contribution in [0.2, 0.25) is 0 Å². The van der Waals surface area contributed by atoms with Crippen molar-refractivity contribution in [1.82, 2.24) is 9.78 Å². The summed E-state index contributed by atoms with van der Waals surface area (Å²) in [6.45, 7) is -0.366. The predicted molar refractivity (Wildman–Crippen MR) is 77.4 cm³/mol. The molecule has 0 bridgehead atoms. The molecule has 0 aromatic carbocycles. The standard InChI is InChI=1S/C15H17N3O4/c19-14(10-22-15(20)12-6-3-9-21-12)17-13-7-8-16-18(13)11-4-1-2-5-11/h3,6-9,11H,1-2,4-5,10H2,(H,17,19). The van der Waals surface area contributed by atoms with Gasteiger partial charge in [0.15, 0.2) is 6.61 Å². The smallest absolute Gasteiger partial charge is 0.374 e. The topological polar surface area (TPSA) is 86.4 Å². The van der Waals surface area contributed by atoms with E-state index in [0.717, 1.165) is 12.8 Å². The fourth-order valence-electron chi connectivity index (χ4n) is 2.63. The molecule has 0 spiro atoms. The van der Waals surface area contributed by atoms with Crippen LogP contribution in [0.5, 0.6) is 0 Å². The Morgan fingerprint density at radius 1 is 1.36 bits per heavy atom. The fourth-order valence-corrected chi connectivity index (χ4v) is 2.63. The average Bonchev–Trinajstić information content (AvgIpc) is 3.24. The molecule has 1 fully saturated rings. The van der Waals surface area contributed by atoms with Crippen LogP contribution in [0.15, 0.2) is 35.1 Å². The highest BCUT2D eigenvalue weighted by molar-refractivity contribution is 5.94. The van der Waals surface area contributed by atoms with Gasteiger partial charge in [0.25, 0.3) is 5.91 Å². The van der Waals surface area contributed by atoms with Gasteiger partial charge in [0.1, 0.15) is 5.82 Å². The highest BCUT2D eigenvalue weighted by Gasteiger charge is 2.21. The lowest BCUT2D eigenvalue weighted by Gasteiger charge is -2.14. The molecule has 1 saturated carbocycles. The Labute approximate surface area is 127 Å². The van der Waals surface area contributed by atoms with Crippen LogP contribution in [0.4, 0.5) is 5.82 Å². The van der Waals surface area contributed by atoms with Crippen LogP contribution in [0.25, 0.3) is 0 Å². The van der Waals surface area contributed by atoms with Crippen molar-refractivity contribution in [3.8, 4) is 0 Å². The van der Waals surface area contributed by atoms with Crippen LogP contribution in [0, 0.1) is 0 Å². The van der Waals surface area contributed by atoms with E-state index in [9.17, 15) is 9.59 Å². The zero-order valence-corrected chi connectivity index (χ0v) is 12.0. The molecule has 22 heavy (non-hydrogen) atoms. The molecule has 0 saturated heterocycles. The Morgan fingerprint density at radius 2 is 2.18 bits per heavy atom. The predicted octanol–water partition coefficient (Wildman–Crippen LogP) is 2.39. The number of hydrogen-bond acceptors (Lipinski definition) is 5. The second-order valence-corrected chi connectivity index (χ2v) is 5.20. The molecule has 116 valence electrons. The molecule has 1 amide bonds. The maximum absolute atomic E-state index is 11.9. The molecular weight excluding hydrogens is 286 g/mol. The number of ether oxygens (including phenoxy) is 1. The summed E-state index contributed by atoms with van der Waals surface area (Å²) >= 11 is 0. The first-order valence-electron chi connectivity index (χ1n) is 7.28. The Balaban J connectivity index is 1.54. The van der Waals surface area contributed by atoms with E-state index in [4.69, 9.17) is 9.15 Å². The minimum absolute atomic E-state index is 0.0730. The normalized spacial score (nSPS) is 14.9. The van der Waals surface area contributed by atoms with Gasteiger partial charge in [-0.05, 0) is 25.0 Å². The lowest BCUT2D eigenvalue weighted by Crippen LogP contribution is -2.23. The molecule has 2 aromatic heterocycles. The van der Waals surface area contributed by atoms with Crippen molar-refractivity contribution < 1.29 is 18.7 Å². The van der Waals surface area contributed by atoms with Crippen LogP contribution < -0.4 is 5.32 Å². The molecule has 3 rings (SSSR count). The number of rotatable bonds is 5. The molecule has 0 radical (unpaired) electrons. The lowest BCUT2D eigenvalue weighted by molar-refractivity contribution is -0.119. The summed E-state index contributed by atoms with van der Waals surface area (Å²) in [5.41, 5.74) is 0. The summed E-state index contributed by atoms with van der Waals surface area (Å²) in [4.78, 5) is 23.5. The van der Waals surface area contributed by atoms with E-state index < -0.39 is 11.9 Å². The van der Waals surface area contributed by atoms with Gasteiger partial charge in [-0.3, -0.25) is 4.79 Å². The van der Waals surface area contributed by atoms with E-state index in [1.165, 1.54) is 25.2 Å². The first-order chi connectivity index (χ1) is 10.7. The largest absolute Gasteiger partial charge is 0.457 e. The molecule has 1 N–H and O–H groups in total. The minimum atomic E-state index is -0.663. The molecule has 2 aromatic rings. The maximum atomic E-state index is 11.9. The van der Waals surface area contributed by atoms with Crippen LogP contribution in [0.3, 0.4) is 0 Å². The Morgan fingerprint density at radius 3 is 2.91 bits per heavy atom. The molecule has 0 atom stereocenters. The minimum Gasteiger partial charge on any atom is -0.457 e. The maximum Gasteiger partial charge on any atom is 0.374 e. The summed E-state index contributed by atoms with van der Waals surface area (Å²) in [5, 5.41) is 6.99. The third-order valence-corrected chi connectivity index (χ3v) is 3.67. The summed E-state index contributed by atoms with van der Waals surface area (Å²) in [7, 11) is 0. The zero-order chi connectivity index (χ0) is 15.4. The van der Waals surface area contributed by atoms with Crippen molar-refractivity contribution in [1.29, 1.82) is 0 Å². The molecule has 7 heteroatoms. The molecule has 0 unspecified atom stereocenters. The summed E-state index contributed by atoms with van der Waals surface area (Å²) in [6, 6.07) is 5.13. The number of hydrogen-bond donors (Lipinski definition) is 1. The Kier molecular flexibility index (Phi) is 4.22. The third kappa shape index (κ3) is 3.19. The number of aromatic nitrogens is 2. The molecule has 1 aliphatic rings. The fraction of sp³-hybridized carbons (Fsp3) is 0.400. The first-order valence-corrected chi connectivity index (χ1v) is 7.28.